The van der Waals surface area contributed by atoms with Crippen molar-refractivity contribution in [2.45, 2.75) is 12.1 Å². The average Bonchev–Trinajstić information content (AvgIpc) is 3.04. The highest BCUT2D eigenvalue weighted by molar-refractivity contribution is 6.23. The van der Waals surface area contributed by atoms with E-state index < -0.39 is 18.1 Å². The van der Waals surface area contributed by atoms with E-state index in [1.54, 1.807) is 43.4 Å². The van der Waals surface area contributed by atoms with Crippen molar-refractivity contribution in [3.05, 3.63) is 66.0 Å². The standard InChI is InChI=1S/C18H15FN2O3/c1-20-15(11-7-9-12(19)10-8-11)14-16(24-20)18(23)21(17(14)22)13-5-3-2-4-6-13/h2-10,14-16H,1H3/t14-,15-,16-/m1/s1. The summed E-state index contributed by atoms with van der Waals surface area (Å²) in [6.45, 7) is 0. The molecule has 2 amide bonds. The Morgan fingerprint density at radius 1 is 0.958 bits per heavy atom. The Balaban J connectivity index is 1.72. The molecule has 24 heavy (non-hydrogen) atoms. The highest BCUT2D eigenvalue weighted by atomic mass is 19.1. The normalized spacial score (nSPS) is 26.9. The third kappa shape index (κ3) is 2.15. The predicted octanol–water partition coefficient (Wildman–Crippen LogP) is 2.30. The van der Waals surface area contributed by atoms with Crippen LogP contribution in [0.15, 0.2) is 54.6 Å². The number of hydroxylamine groups is 2. The largest absolute Gasteiger partial charge is 0.284 e. The molecular formula is C18H15FN2O3. The zero-order valence-electron chi connectivity index (χ0n) is 12.9. The number of hydrogen-bond donors (Lipinski definition) is 0. The molecule has 5 nitrogen and oxygen atoms in total. The number of hydrogen-bond acceptors (Lipinski definition) is 4. The molecule has 2 fully saturated rings. The summed E-state index contributed by atoms with van der Waals surface area (Å²) in [5.41, 5.74) is 1.27. The summed E-state index contributed by atoms with van der Waals surface area (Å²) in [4.78, 5) is 32.4. The Morgan fingerprint density at radius 2 is 1.62 bits per heavy atom. The van der Waals surface area contributed by atoms with Crippen molar-refractivity contribution >= 4 is 17.5 Å². The van der Waals surface area contributed by atoms with Crippen LogP contribution in [0.2, 0.25) is 0 Å². The van der Waals surface area contributed by atoms with E-state index in [1.807, 2.05) is 6.07 Å². The number of para-hydroxylation sites is 1. The second-order valence-electron chi connectivity index (χ2n) is 5.94. The summed E-state index contributed by atoms with van der Waals surface area (Å²) in [6, 6.07) is 14.3. The maximum atomic E-state index is 13.2. The fourth-order valence-corrected chi connectivity index (χ4v) is 3.46. The Labute approximate surface area is 138 Å². The summed E-state index contributed by atoms with van der Waals surface area (Å²) < 4.78 is 13.2. The van der Waals surface area contributed by atoms with Gasteiger partial charge in [-0.1, -0.05) is 30.3 Å². The van der Waals surface area contributed by atoms with Crippen molar-refractivity contribution in [1.29, 1.82) is 0 Å². The van der Waals surface area contributed by atoms with Crippen molar-refractivity contribution in [2.75, 3.05) is 11.9 Å². The van der Waals surface area contributed by atoms with Crippen LogP contribution in [-0.4, -0.2) is 30.0 Å². The van der Waals surface area contributed by atoms with Crippen LogP contribution in [0.1, 0.15) is 11.6 Å². The van der Waals surface area contributed by atoms with Crippen LogP contribution >= 0.6 is 0 Å². The van der Waals surface area contributed by atoms with E-state index in [0.717, 1.165) is 5.56 Å². The van der Waals surface area contributed by atoms with Crippen molar-refractivity contribution in [3.8, 4) is 0 Å². The lowest BCUT2D eigenvalue weighted by molar-refractivity contribution is -0.160. The molecule has 0 aromatic heterocycles. The van der Waals surface area contributed by atoms with Crippen LogP contribution in [-0.2, 0) is 14.4 Å². The highest BCUT2D eigenvalue weighted by Crippen LogP contribution is 2.44. The summed E-state index contributed by atoms with van der Waals surface area (Å²) in [7, 11) is 1.68. The molecule has 4 rings (SSSR count). The van der Waals surface area contributed by atoms with Gasteiger partial charge < -0.3 is 0 Å². The van der Waals surface area contributed by atoms with Gasteiger partial charge in [0.2, 0.25) is 5.91 Å². The van der Waals surface area contributed by atoms with Gasteiger partial charge in [0, 0.05) is 7.05 Å². The number of imide groups is 1. The number of halogens is 1. The summed E-state index contributed by atoms with van der Waals surface area (Å²) in [5.74, 6) is -1.66. The fourth-order valence-electron chi connectivity index (χ4n) is 3.46. The number of rotatable bonds is 2. The van der Waals surface area contributed by atoms with Gasteiger partial charge >= 0.3 is 0 Å². The molecule has 0 aliphatic carbocycles. The molecule has 3 atom stereocenters. The van der Waals surface area contributed by atoms with Crippen LogP contribution in [0.3, 0.4) is 0 Å². The fraction of sp³-hybridized carbons (Fsp3) is 0.222. The molecule has 0 radical (unpaired) electrons. The monoisotopic (exact) mass is 326 g/mol. The third-order valence-electron chi connectivity index (χ3n) is 4.53. The van der Waals surface area contributed by atoms with Gasteiger partial charge in [-0.25, -0.2) is 9.29 Å². The van der Waals surface area contributed by atoms with Crippen LogP contribution in [0.5, 0.6) is 0 Å². The van der Waals surface area contributed by atoms with Gasteiger partial charge in [0.25, 0.3) is 5.91 Å². The first kappa shape index (κ1) is 15.0. The van der Waals surface area contributed by atoms with Crippen LogP contribution in [0, 0.1) is 11.7 Å². The number of carbonyl (C=O) groups excluding carboxylic acids is 2. The molecule has 0 bridgehead atoms. The molecule has 0 N–H and O–H groups in total. The molecule has 2 aromatic rings. The van der Waals surface area contributed by atoms with Gasteiger partial charge in [0.15, 0.2) is 6.10 Å². The Morgan fingerprint density at radius 3 is 2.29 bits per heavy atom. The van der Waals surface area contributed by atoms with Gasteiger partial charge in [-0.05, 0) is 29.8 Å². The van der Waals surface area contributed by atoms with Crippen LogP contribution < -0.4 is 4.90 Å². The third-order valence-corrected chi connectivity index (χ3v) is 4.53. The van der Waals surface area contributed by atoms with Crippen molar-refractivity contribution in [2.24, 2.45) is 5.92 Å². The second kappa shape index (κ2) is 5.51. The van der Waals surface area contributed by atoms with Gasteiger partial charge in [0.05, 0.1) is 17.6 Å². The van der Waals surface area contributed by atoms with E-state index in [1.165, 1.54) is 22.1 Å². The molecule has 2 saturated heterocycles. The molecule has 122 valence electrons. The van der Waals surface area contributed by atoms with Crippen molar-refractivity contribution in [3.63, 3.8) is 0 Å². The van der Waals surface area contributed by atoms with Crippen molar-refractivity contribution in [1.82, 2.24) is 5.06 Å². The number of carbonyl (C=O) groups is 2. The number of anilines is 1. The SMILES string of the molecule is CN1O[C@H]2C(=O)N(c3ccccc3)C(=O)[C@@H]2[C@H]1c1ccc(F)cc1. The summed E-state index contributed by atoms with van der Waals surface area (Å²) in [5, 5.41) is 1.51. The van der Waals surface area contributed by atoms with Crippen molar-refractivity contribution < 1.29 is 18.8 Å². The molecule has 2 aliphatic rings. The van der Waals surface area contributed by atoms with E-state index in [0.29, 0.717) is 5.69 Å². The molecule has 2 aliphatic heterocycles. The Hall–Kier alpha value is -2.57. The van der Waals surface area contributed by atoms with E-state index >= 15 is 0 Å². The highest BCUT2D eigenvalue weighted by Gasteiger charge is 2.59. The Bertz CT molecular complexity index is 794. The van der Waals surface area contributed by atoms with Crippen LogP contribution in [0.25, 0.3) is 0 Å². The molecule has 2 aromatic carbocycles. The van der Waals surface area contributed by atoms with E-state index in [9.17, 15) is 14.0 Å². The topological polar surface area (TPSA) is 49.9 Å². The average molecular weight is 326 g/mol. The van der Waals surface area contributed by atoms with Gasteiger partial charge in [-0.15, -0.1) is 0 Å². The number of fused-ring (bicyclic) bond motifs is 1. The van der Waals surface area contributed by atoms with E-state index in [4.69, 9.17) is 4.84 Å². The van der Waals surface area contributed by atoms with E-state index in [-0.39, 0.29) is 17.6 Å². The minimum atomic E-state index is -0.849. The van der Waals surface area contributed by atoms with E-state index in [2.05, 4.69) is 0 Å². The number of nitrogens with zero attached hydrogens (tertiary/aromatic N) is 2. The maximum Gasteiger partial charge on any atom is 0.265 e. The minimum Gasteiger partial charge on any atom is -0.284 e. The minimum absolute atomic E-state index is 0.296. The smallest absolute Gasteiger partial charge is 0.265 e. The summed E-state index contributed by atoms with van der Waals surface area (Å²) >= 11 is 0. The first-order valence-corrected chi connectivity index (χ1v) is 7.66. The molecule has 0 unspecified atom stereocenters. The quantitative estimate of drug-likeness (QED) is 0.795. The second-order valence-corrected chi connectivity index (χ2v) is 5.94. The molecule has 0 saturated carbocycles. The number of amides is 2. The molecule has 6 heteroatoms. The van der Waals surface area contributed by atoms with Crippen LogP contribution in [0.4, 0.5) is 10.1 Å². The molecule has 0 spiro atoms. The summed E-state index contributed by atoms with van der Waals surface area (Å²) in [6.07, 6.45) is -0.849. The number of benzene rings is 2. The zero-order chi connectivity index (χ0) is 16.8. The van der Waals surface area contributed by atoms with Gasteiger partial charge in [0.1, 0.15) is 5.82 Å². The zero-order valence-corrected chi connectivity index (χ0v) is 12.9. The lowest BCUT2D eigenvalue weighted by Gasteiger charge is -2.24. The molecule has 2 heterocycles. The predicted molar refractivity (Wildman–Crippen MR) is 84.2 cm³/mol. The van der Waals surface area contributed by atoms with Gasteiger partial charge in [-0.2, -0.15) is 5.06 Å². The maximum absolute atomic E-state index is 13.2. The molecular weight excluding hydrogens is 311 g/mol. The first-order valence-electron chi connectivity index (χ1n) is 7.66. The Kier molecular flexibility index (Phi) is 3.44. The van der Waals surface area contributed by atoms with Gasteiger partial charge in [-0.3, -0.25) is 14.4 Å². The first-order chi connectivity index (χ1) is 11.6. The lowest BCUT2D eigenvalue weighted by Crippen LogP contribution is -2.36. The lowest BCUT2D eigenvalue weighted by atomic mass is 9.91.